The lowest BCUT2D eigenvalue weighted by Crippen LogP contribution is -2.46. The molecule has 1 saturated carbocycles. The fourth-order valence-corrected chi connectivity index (χ4v) is 5.01. The van der Waals surface area contributed by atoms with Crippen LogP contribution in [0.3, 0.4) is 0 Å². The maximum absolute atomic E-state index is 12.8. The number of carbonyl (C=O) groups excluding carboxylic acids is 1. The molecule has 0 atom stereocenters. The Morgan fingerprint density at radius 2 is 1.62 bits per heavy atom. The molecule has 1 aliphatic heterocycles. The maximum Gasteiger partial charge on any atom is 0.244 e. The minimum absolute atomic E-state index is 0.190. The molecule has 1 amide bonds. The molecule has 114 valence electrons. The van der Waals surface area contributed by atoms with Crippen LogP contribution >= 0.6 is 11.6 Å². The number of likely N-dealkylation sites (tertiary alicyclic amines) is 1. The summed E-state index contributed by atoms with van der Waals surface area (Å²) in [6, 6.07) is 6.08. The van der Waals surface area contributed by atoms with E-state index in [2.05, 4.69) is 0 Å². The summed E-state index contributed by atoms with van der Waals surface area (Å²) in [4.78, 5) is 14.6. The van der Waals surface area contributed by atoms with E-state index in [0.717, 1.165) is 19.3 Å². The molecule has 0 unspecified atom stereocenters. The molecule has 1 aliphatic carbocycles. The zero-order valence-corrected chi connectivity index (χ0v) is 13.3. The number of halogens is 1. The topological polar surface area (TPSA) is 54.5 Å². The molecular weight excluding hydrogens is 310 g/mol. The van der Waals surface area contributed by atoms with Crippen LogP contribution in [0.15, 0.2) is 29.2 Å². The highest BCUT2D eigenvalue weighted by Crippen LogP contribution is 2.48. The first-order valence-corrected chi connectivity index (χ1v) is 9.13. The van der Waals surface area contributed by atoms with Gasteiger partial charge >= 0.3 is 0 Å². The molecule has 1 aromatic carbocycles. The van der Waals surface area contributed by atoms with Crippen LogP contribution in [0.25, 0.3) is 0 Å². The first-order chi connectivity index (χ1) is 9.97. The summed E-state index contributed by atoms with van der Waals surface area (Å²) in [5, 5.41) is 0.487. The fraction of sp³-hybridized carbons (Fsp3) is 0.533. The van der Waals surface area contributed by atoms with E-state index in [9.17, 15) is 13.2 Å². The van der Waals surface area contributed by atoms with Crippen molar-refractivity contribution in [2.75, 3.05) is 13.1 Å². The van der Waals surface area contributed by atoms with Gasteiger partial charge in [0.1, 0.15) is 0 Å². The average Bonchev–Trinajstić information content (AvgIpc) is 3.30. The second-order valence-corrected chi connectivity index (χ2v) is 8.50. The van der Waals surface area contributed by atoms with E-state index in [0.29, 0.717) is 31.0 Å². The third-order valence-corrected chi connectivity index (χ3v) is 7.13. The molecule has 0 bridgehead atoms. The van der Waals surface area contributed by atoms with Crippen LogP contribution in [-0.2, 0) is 14.6 Å². The second-order valence-electron chi connectivity index (χ2n) is 5.80. The lowest BCUT2D eigenvalue weighted by molar-refractivity contribution is -0.132. The number of sulfone groups is 1. The average molecular weight is 328 g/mol. The SMILES string of the molecule is O=C(N1CCCCC1)C1(S(=O)(=O)c2ccc(Cl)cc2)CC1. The summed E-state index contributed by atoms with van der Waals surface area (Å²) in [5.74, 6) is -0.211. The summed E-state index contributed by atoms with van der Waals surface area (Å²) in [6.07, 6.45) is 3.88. The van der Waals surface area contributed by atoms with Crippen LogP contribution < -0.4 is 0 Å². The summed E-state index contributed by atoms with van der Waals surface area (Å²) in [5.41, 5.74) is 0. The van der Waals surface area contributed by atoms with Crippen LogP contribution in [-0.4, -0.2) is 37.1 Å². The Morgan fingerprint density at radius 1 is 1.05 bits per heavy atom. The van der Waals surface area contributed by atoms with Crippen molar-refractivity contribution in [2.24, 2.45) is 0 Å². The first-order valence-electron chi connectivity index (χ1n) is 7.27. The Kier molecular flexibility index (Phi) is 3.74. The van der Waals surface area contributed by atoms with Gasteiger partial charge in [0.25, 0.3) is 0 Å². The van der Waals surface area contributed by atoms with Crippen molar-refractivity contribution in [3.8, 4) is 0 Å². The standard InChI is InChI=1S/C15H18ClNO3S/c16-12-4-6-13(7-5-12)21(19,20)15(8-9-15)14(18)17-10-2-1-3-11-17/h4-7H,1-3,8-11H2. The number of carbonyl (C=O) groups is 1. The molecule has 0 aromatic heterocycles. The zero-order valence-electron chi connectivity index (χ0n) is 11.7. The molecule has 1 saturated heterocycles. The molecule has 6 heteroatoms. The third-order valence-electron chi connectivity index (χ3n) is 4.38. The molecular formula is C15H18ClNO3S. The predicted molar refractivity (Wildman–Crippen MR) is 81.0 cm³/mol. The van der Waals surface area contributed by atoms with Gasteiger partial charge in [-0.2, -0.15) is 0 Å². The number of nitrogens with zero attached hydrogens (tertiary/aromatic N) is 1. The van der Waals surface area contributed by atoms with Gasteiger partial charge < -0.3 is 4.90 Å². The van der Waals surface area contributed by atoms with Crippen molar-refractivity contribution in [1.82, 2.24) is 4.90 Å². The molecule has 3 rings (SSSR count). The molecule has 1 heterocycles. The van der Waals surface area contributed by atoms with Crippen molar-refractivity contribution in [3.05, 3.63) is 29.3 Å². The van der Waals surface area contributed by atoms with E-state index in [4.69, 9.17) is 11.6 Å². The van der Waals surface area contributed by atoms with E-state index >= 15 is 0 Å². The van der Waals surface area contributed by atoms with Crippen LogP contribution in [0.2, 0.25) is 5.02 Å². The van der Waals surface area contributed by atoms with Gasteiger partial charge in [-0.15, -0.1) is 0 Å². The Morgan fingerprint density at radius 3 is 2.14 bits per heavy atom. The van der Waals surface area contributed by atoms with E-state index in [-0.39, 0.29) is 10.8 Å². The lowest BCUT2D eigenvalue weighted by atomic mass is 10.1. The second kappa shape index (κ2) is 5.29. The number of hydrogen-bond donors (Lipinski definition) is 0. The van der Waals surface area contributed by atoms with Gasteiger partial charge in [-0.3, -0.25) is 4.79 Å². The third kappa shape index (κ3) is 2.46. The van der Waals surface area contributed by atoms with E-state index in [1.54, 1.807) is 17.0 Å². The van der Waals surface area contributed by atoms with Crippen LogP contribution in [0, 0.1) is 0 Å². The molecule has 1 aromatic rings. The molecule has 0 spiro atoms. The molecule has 0 radical (unpaired) electrons. The number of rotatable bonds is 3. The van der Waals surface area contributed by atoms with Crippen LogP contribution in [0.1, 0.15) is 32.1 Å². The van der Waals surface area contributed by atoms with Gasteiger partial charge in [-0.05, 0) is 56.4 Å². The van der Waals surface area contributed by atoms with Crippen molar-refractivity contribution in [1.29, 1.82) is 0 Å². The number of amides is 1. The Balaban J connectivity index is 1.90. The molecule has 2 fully saturated rings. The van der Waals surface area contributed by atoms with Crippen molar-refractivity contribution in [2.45, 2.75) is 41.7 Å². The number of benzene rings is 1. The first kappa shape index (κ1) is 14.9. The zero-order chi connectivity index (χ0) is 15.1. The van der Waals surface area contributed by atoms with Gasteiger partial charge in [-0.25, -0.2) is 8.42 Å². The Bertz CT molecular complexity index is 644. The number of piperidine rings is 1. The van der Waals surface area contributed by atoms with E-state index in [1.165, 1.54) is 12.1 Å². The quantitative estimate of drug-likeness (QED) is 0.857. The van der Waals surface area contributed by atoms with Gasteiger partial charge in [0, 0.05) is 18.1 Å². The smallest absolute Gasteiger partial charge is 0.244 e. The molecule has 21 heavy (non-hydrogen) atoms. The molecule has 2 aliphatic rings. The Labute approximate surface area is 130 Å². The molecule has 0 N–H and O–H groups in total. The minimum atomic E-state index is -3.64. The summed E-state index contributed by atoms with van der Waals surface area (Å²) in [7, 11) is -3.64. The van der Waals surface area contributed by atoms with E-state index in [1.807, 2.05) is 0 Å². The van der Waals surface area contributed by atoms with Gasteiger partial charge in [0.2, 0.25) is 5.91 Å². The van der Waals surface area contributed by atoms with Crippen LogP contribution in [0.4, 0.5) is 0 Å². The molecule has 4 nitrogen and oxygen atoms in total. The van der Waals surface area contributed by atoms with Gasteiger partial charge in [0.05, 0.1) is 4.90 Å². The predicted octanol–water partition coefficient (Wildman–Crippen LogP) is 2.66. The highest BCUT2D eigenvalue weighted by atomic mass is 35.5. The normalized spacial score (nSPS) is 21.1. The van der Waals surface area contributed by atoms with Crippen molar-refractivity contribution < 1.29 is 13.2 Å². The highest BCUT2D eigenvalue weighted by Gasteiger charge is 2.62. The van der Waals surface area contributed by atoms with Crippen LogP contribution in [0.5, 0.6) is 0 Å². The van der Waals surface area contributed by atoms with Crippen molar-refractivity contribution in [3.63, 3.8) is 0 Å². The largest absolute Gasteiger partial charge is 0.341 e. The maximum atomic E-state index is 12.8. The highest BCUT2D eigenvalue weighted by molar-refractivity contribution is 7.94. The fourth-order valence-electron chi connectivity index (χ4n) is 2.94. The number of hydrogen-bond acceptors (Lipinski definition) is 3. The monoisotopic (exact) mass is 327 g/mol. The van der Waals surface area contributed by atoms with E-state index < -0.39 is 14.6 Å². The van der Waals surface area contributed by atoms with Gasteiger partial charge in [0.15, 0.2) is 14.6 Å². The van der Waals surface area contributed by atoms with Gasteiger partial charge in [-0.1, -0.05) is 11.6 Å². The lowest BCUT2D eigenvalue weighted by Gasteiger charge is -2.30. The Hall–Kier alpha value is -1.07. The summed E-state index contributed by atoms with van der Waals surface area (Å²) >= 11 is 5.81. The van der Waals surface area contributed by atoms with Crippen molar-refractivity contribution >= 4 is 27.3 Å². The minimum Gasteiger partial charge on any atom is -0.341 e. The summed E-state index contributed by atoms with van der Waals surface area (Å²) in [6.45, 7) is 1.35. The summed E-state index contributed by atoms with van der Waals surface area (Å²) < 4.78 is 24.4.